The molecule has 0 saturated carbocycles. The molecule has 0 saturated heterocycles. The van der Waals surface area contributed by atoms with Gasteiger partial charge in [0.25, 0.3) is 0 Å². The fourth-order valence-corrected chi connectivity index (χ4v) is 2.19. The largest absolute Gasteiger partial charge is 0.497 e. The van der Waals surface area contributed by atoms with Crippen molar-refractivity contribution in [3.8, 4) is 5.75 Å². The normalized spacial score (nSPS) is 20.7. The highest BCUT2D eigenvalue weighted by molar-refractivity contribution is 5.86. The van der Waals surface area contributed by atoms with E-state index in [-0.39, 0.29) is 5.92 Å². The van der Waals surface area contributed by atoms with E-state index in [2.05, 4.69) is 6.07 Å². The minimum atomic E-state index is 0.0495. The van der Waals surface area contributed by atoms with Crippen LogP contribution >= 0.6 is 0 Å². The summed E-state index contributed by atoms with van der Waals surface area (Å²) in [4.78, 5) is 11.7. The number of benzene rings is 1. The number of carbonyl (C=O) groups excluding carboxylic acids is 1. The third kappa shape index (κ3) is 1.89. The third-order valence-electron chi connectivity index (χ3n) is 3.17. The maximum atomic E-state index is 11.7. The maximum Gasteiger partial charge on any atom is 0.140 e. The Morgan fingerprint density at radius 1 is 1.33 bits per heavy atom. The summed E-state index contributed by atoms with van der Waals surface area (Å²) in [6, 6.07) is 6.03. The van der Waals surface area contributed by atoms with Crippen LogP contribution in [-0.4, -0.2) is 12.9 Å². The van der Waals surface area contributed by atoms with Crippen molar-refractivity contribution in [2.45, 2.75) is 32.1 Å². The summed E-state index contributed by atoms with van der Waals surface area (Å²) in [5.41, 5.74) is 2.45. The molecule has 80 valence electrons. The Morgan fingerprint density at radius 3 is 2.87 bits per heavy atom. The topological polar surface area (TPSA) is 26.3 Å². The standard InChI is InChI=1S/C13H16O2/c1-9-12-7-6-11(15-2)8-10(12)4-3-5-13(9)14/h6-9H,3-5H2,1-2H3. The molecule has 0 aromatic heterocycles. The molecule has 0 spiro atoms. The zero-order valence-corrected chi connectivity index (χ0v) is 9.25. The molecule has 1 aromatic rings. The van der Waals surface area contributed by atoms with E-state index in [1.807, 2.05) is 19.1 Å². The highest BCUT2D eigenvalue weighted by atomic mass is 16.5. The van der Waals surface area contributed by atoms with Crippen molar-refractivity contribution in [2.24, 2.45) is 0 Å². The van der Waals surface area contributed by atoms with E-state index >= 15 is 0 Å². The summed E-state index contributed by atoms with van der Waals surface area (Å²) in [5.74, 6) is 1.29. The fraction of sp³-hybridized carbons (Fsp3) is 0.462. The van der Waals surface area contributed by atoms with Crippen LogP contribution in [0.5, 0.6) is 5.75 Å². The quantitative estimate of drug-likeness (QED) is 0.657. The van der Waals surface area contributed by atoms with E-state index in [1.54, 1.807) is 7.11 Å². The average Bonchev–Trinajstić information content (AvgIpc) is 2.40. The van der Waals surface area contributed by atoms with Gasteiger partial charge in [0.1, 0.15) is 11.5 Å². The molecule has 0 bridgehead atoms. The number of aryl methyl sites for hydroxylation is 1. The number of ether oxygens (including phenoxy) is 1. The van der Waals surface area contributed by atoms with Gasteiger partial charge >= 0.3 is 0 Å². The fourth-order valence-electron chi connectivity index (χ4n) is 2.19. The molecule has 0 radical (unpaired) electrons. The number of hydrogen-bond donors (Lipinski definition) is 0. The minimum absolute atomic E-state index is 0.0495. The summed E-state index contributed by atoms with van der Waals surface area (Å²) >= 11 is 0. The molecule has 1 aliphatic carbocycles. The summed E-state index contributed by atoms with van der Waals surface area (Å²) in [7, 11) is 1.67. The molecule has 0 amide bonds. The van der Waals surface area contributed by atoms with Crippen LogP contribution in [0.2, 0.25) is 0 Å². The first kappa shape index (κ1) is 10.2. The third-order valence-corrected chi connectivity index (χ3v) is 3.17. The maximum absolute atomic E-state index is 11.7. The molecule has 0 fully saturated rings. The van der Waals surface area contributed by atoms with E-state index < -0.39 is 0 Å². The van der Waals surface area contributed by atoms with Gasteiger partial charge in [-0.2, -0.15) is 0 Å². The van der Waals surface area contributed by atoms with Crippen LogP contribution in [0.15, 0.2) is 18.2 Å². The van der Waals surface area contributed by atoms with Crippen molar-refractivity contribution in [2.75, 3.05) is 7.11 Å². The van der Waals surface area contributed by atoms with Crippen molar-refractivity contribution in [1.29, 1.82) is 0 Å². The van der Waals surface area contributed by atoms with Crippen molar-refractivity contribution in [3.63, 3.8) is 0 Å². The molecule has 2 heteroatoms. The molecule has 1 aromatic carbocycles. The lowest BCUT2D eigenvalue weighted by atomic mass is 9.93. The van der Waals surface area contributed by atoms with Gasteiger partial charge in [0, 0.05) is 12.3 Å². The smallest absolute Gasteiger partial charge is 0.140 e. The summed E-state index contributed by atoms with van der Waals surface area (Å²) in [6.07, 6.45) is 2.66. The van der Waals surface area contributed by atoms with Gasteiger partial charge in [0.2, 0.25) is 0 Å². The molecule has 2 nitrogen and oxygen atoms in total. The number of methoxy groups -OCH3 is 1. The van der Waals surface area contributed by atoms with Crippen LogP contribution in [0.25, 0.3) is 0 Å². The van der Waals surface area contributed by atoms with Gasteiger partial charge in [-0.3, -0.25) is 4.79 Å². The van der Waals surface area contributed by atoms with Crippen LogP contribution in [-0.2, 0) is 11.2 Å². The van der Waals surface area contributed by atoms with Gasteiger partial charge < -0.3 is 4.74 Å². The Kier molecular flexibility index (Phi) is 2.76. The first-order chi connectivity index (χ1) is 7.22. The lowest BCUT2D eigenvalue weighted by molar-refractivity contribution is -0.120. The van der Waals surface area contributed by atoms with Gasteiger partial charge in [-0.15, -0.1) is 0 Å². The average molecular weight is 204 g/mol. The first-order valence-electron chi connectivity index (χ1n) is 5.42. The zero-order chi connectivity index (χ0) is 10.8. The molecular formula is C13H16O2. The monoisotopic (exact) mass is 204 g/mol. The Balaban J connectivity index is 2.43. The van der Waals surface area contributed by atoms with Crippen molar-refractivity contribution < 1.29 is 9.53 Å². The predicted octanol–water partition coefficient (Wildman–Crippen LogP) is 2.70. The second-order valence-corrected chi connectivity index (χ2v) is 4.11. The number of rotatable bonds is 1. The van der Waals surface area contributed by atoms with Crippen molar-refractivity contribution in [1.82, 2.24) is 0 Å². The van der Waals surface area contributed by atoms with Crippen LogP contribution in [0, 0.1) is 0 Å². The van der Waals surface area contributed by atoms with Crippen LogP contribution in [0.3, 0.4) is 0 Å². The van der Waals surface area contributed by atoms with Gasteiger partial charge in [-0.05, 0) is 36.1 Å². The van der Waals surface area contributed by atoms with Crippen molar-refractivity contribution in [3.05, 3.63) is 29.3 Å². The predicted molar refractivity (Wildman–Crippen MR) is 59.4 cm³/mol. The molecule has 0 aliphatic heterocycles. The van der Waals surface area contributed by atoms with Gasteiger partial charge in [-0.25, -0.2) is 0 Å². The zero-order valence-electron chi connectivity index (χ0n) is 9.25. The van der Waals surface area contributed by atoms with E-state index in [0.29, 0.717) is 12.2 Å². The summed E-state index contributed by atoms with van der Waals surface area (Å²) in [6.45, 7) is 2.00. The van der Waals surface area contributed by atoms with E-state index in [9.17, 15) is 4.79 Å². The number of Topliss-reactive ketones (excluding diaryl/α,β-unsaturated/α-hetero) is 1. The highest BCUT2D eigenvalue weighted by Gasteiger charge is 2.21. The van der Waals surface area contributed by atoms with E-state index in [0.717, 1.165) is 18.6 Å². The lowest BCUT2D eigenvalue weighted by Gasteiger charge is -2.12. The van der Waals surface area contributed by atoms with Gasteiger partial charge in [-0.1, -0.05) is 13.0 Å². The SMILES string of the molecule is COc1ccc2c(c1)CCCC(=O)C2C. The van der Waals surface area contributed by atoms with Gasteiger partial charge in [0.15, 0.2) is 0 Å². The Hall–Kier alpha value is -1.31. The summed E-state index contributed by atoms with van der Waals surface area (Å²) in [5, 5.41) is 0. The van der Waals surface area contributed by atoms with Crippen LogP contribution in [0.1, 0.15) is 36.8 Å². The second kappa shape index (κ2) is 4.05. The number of fused-ring (bicyclic) bond motifs is 1. The Labute approximate surface area is 90.3 Å². The number of carbonyl (C=O) groups is 1. The lowest BCUT2D eigenvalue weighted by Crippen LogP contribution is -2.07. The Bertz CT molecular complexity index is 382. The molecule has 0 N–H and O–H groups in total. The summed E-state index contributed by atoms with van der Waals surface area (Å²) < 4.78 is 5.20. The minimum Gasteiger partial charge on any atom is -0.497 e. The van der Waals surface area contributed by atoms with E-state index in [1.165, 1.54) is 11.1 Å². The molecule has 2 rings (SSSR count). The molecule has 0 heterocycles. The number of ketones is 1. The second-order valence-electron chi connectivity index (χ2n) is 4.11. The molecule has 1 unspecified atom stereocenters. The van der Waals surface area contributed by atoms with E-state index in [4.69, 9.17) is 4.74 Å². The van der Waals surface area contributed by atoms with Gasteiger partial charge in [0.05, 0.1) is 7.11 Å². The molecule has 15 heavy (non-hydrogen) atoms. The number of hydrogen-bond acceptors (Lipinski definition) is 2. The molecular weight excluding hydrogens is 188 g/mol. The first-order valence-corrected chi connectivity index (χ1v) is 5.42. The van der Waals surface area contributed by atoms with Crippen molar-refractivity contribution >= 4 is 5.78 Å². The van der Waals surface area contributed by atoms with Crippen LogP contribution in [0.4, 0.5) is 0 Å². The Morgan fingerprint density at radius 2 is 2.13 bits per heavy atom. The highest BCUT2D eigenvalue weighted by Crippen LogP contribution is 2.30. The molecule has 1 aliphatic rings. The molecule has 1 atom stereocenters. The van der Waals surface area contributed by atoms with Crippen LogP contribution < -0.4 is 4.74 Å².